The second kappa shape index (κ2) is 5.17. The summed E-state index contributed by atoms with van der Waals surface area (Å²) in [4.78, 5) is 14.6. The Morgan fingerprint density at radius 2 is 2.00 bits per heavy atom. The largest absolute Gasteiger partial charge is 0.341 e. The highest BCUT2D eigenvalue weighted by atomic mass is 35.5. The molecule has 2 rings (SSSR count). The smallest absolute Gasteiger partial charge is 0.226 e. The molecule has 2 atom stereocenters. The third-order valence-electron chi connectivity index (χ3n) is 4.48. The van der Waals surface area contributed by atoms with E-state index in [1.807, 2.05) is 4.90 Å². The van der Waals surface area contributed by atoms with Crippen LogP contribution >= 0.6 is 11.6 Å². The molecule has 1 aliphatic heterocycles. The third kappa shape index (κ3) is 2.96. The van der Waals surface area contributed by atoms with Crippen LogP contribution in [0.25, 0.3) is 0 Å². The fourth-order valence-corrected chi connectivity index (χ4v) is 3.62. The summed E-state index contributed by atoms with van der Waals surface area (Å²) >= 11 is 6.17. The lowest BCUT2D eigenvalue weighted by molar-refractivity contribution is -0.142. The number of likely N-dealkylation sites (tertiary alicyclic amines) is 1. The minimum Gasteiger partial charge on any atom is -0.341 e. The van der Waals surface area contributed by atoms with Gasteiger partial charge in [0.1, 0.15) is 0 Å². The van der Waals surface area contributed by atoms with Gasteiger partial charge in [-0.05, 0) is 31.1 Å². The van der Waals surface area contributed by atoms with Gasteiger partial charge in [-0.1, -0.05) is 26.7 Å². The molecule has 2 nitrogen and oxygen atoms in total. The standard InChI is InChI=1S/C14H24ClNO/c1-14(2)8-4-3-7-12(14)13(17)16-9-5-6-11(15)10-16/h11-12H,3-10H2,1-2H3. The number of alkyl halides is 1. The van der Waals surface area contributed by atoms with E-state index in [1.54, 1.807) is 0 Å². The molecule has 2 fully saturated rings. The van der Waals surface area contributed by atoms with Crippen LogP contribution in [0.1, 0.15) is 52.4 Å². The molecule has 0 aromatic carbocycles. The Hall–Kier alpha value is -0.240. The van der Waals surface area contributed by atoms with E-state index < -0.39 is 0 Å². The number of nitrogens with zero attached hydrogens (tertiary/aromatic N) is 1. The summed E-state index contributed by atoms with van der Waals surface area (Å²) in [6.07, 6.45) is 6.84. The highest BCUT2D eigenvalue weighted by molar-refractivity contribution is 6.20. The molecule has 0 radical (unpaired) electrons. The molecule has 1 aliphatic carbocycles. The van der Waals surface area contributed by atoms with Gasteiger partial charge in [0.05, 0.1) is 5.38 Å². The van der Waals surface area contributed by atoms with E-state index in [4.69, 9.17) is 11.6 Å². The van der Waals surface area contributed by atoms with Crippen molar-refractivity contribution < 1.29 is 4.79 Å². The SMILES string of the molecule is CC1(C)CCCCC1C(=O)N1CCCC(Cl)C1. The first-order chi connectivity index (χ1) is 8.00. The maximum Gasteiger partial charge on any atom is 0.226 e. The van der Waals surface area contributed by atoms with Gasteiger partial charge in [-0.2, -0.15) is 0 Å². The lowest BCUT2D eigenvalue weighted by atomic mass is 9.68. The molecule has 1 heterocycles. The second-order valence-electron chi connectivity index (χ2n) is 6.31. The number of hydrogen-bond donors (Lipinski definition) is 0. The second-order valence-corrected chi connectivity index (χ2v) is 6.93. The number of carbonyl (C=O) groups excluding carboxylic acids is 1. The summed E-state index contributed by atoms with van der Waals surface area (Å²) in [5, 5.41) is 0.166. The van der Waals surface area contributed by atoms with Crippen molar-refractivity contribution >= 4 is 17.5 Å². The summed E-state index contributed by atoms with van der Waals surface area (Å²) in [7, 11) is 0. The van der Waals surface area contributed by atoms with Gasteiger partial charge in [0.2, 0.25) is 5.91 Å². The normalized spacial score (nSPS) is 33.5. The van der Waals surface area contributed by atoms with E-state index in [9.17, 15) is 4.79 Å². The van der Waals surface area contributed by atoms with E-state index in [1.165, 1.54) is 19.3 Å². The lowest BCUT2D eigenvalue weighted by Gasteiger charge is -2.41. The van der Waals surface area contributed by atoms with E-state index in [2.05, 4.69) is 13.8 Å². The minimum absolute atomic E-state index is 0.166. The van der Waals surface area contributed by atoms with E-state index in [0.717, 1.165) is 32.4 Å². The van der Waals surface area contributed by atoms with Gasteiger partial charge in [0.15, 0.2) is 0 Å². The van der Waals surface area contributed by atoms with Crippen LogP contribution in [0.15, 0.2) is 0 Å². The van der Waals surface area contributed by atoms with Crippen LogP contribution in [0.3, 0.4) is 0 Å². The summed E-state index contributed by atoms with van der Waals surface area (Å²) in [5.74, 6) is 0.582. The van der Waals surface area contributed by atoms with Crippen LogP contribution in [0, 0.1) is 11.3 Å². The molecule has 1 saturated heterocycles. The summed E-state index contributed by atoms with van der Waals surface area (Å²) in [5.41, 5.74) is 0.175. The number of hydrogen-bond acceptors (Lipinski definition) is 1. The molecule has 0 aromatic rings. The summed E-state index contributed by atoms with van der Waals surface area (Å²) < 4.78 is 0. The molecule has 2 unspecified atom stereocenters. The zero-order valence-electron chi connectivity index (χ0n) is 11.0. The monoisotopic (exact) mass is 257 g/mol. The number of rotatable bonds is 1. The van der Waals surface area contributed by atoms with Gasteiger partial charge in [0.25, 0.3) is 0 Å². The number of halogens is 1. The predicted molar refractivity (Wildman–Crippen MR) is 71.2 cm³/mol. The lowest BCUT2D eigenvalue weighted by Crippen LogP contribution is -2.47. The minimum atomic E-state index is 0.166. The Balaban J connectivity index is 2.02. The Morgan fingerprint density at radius 3 is 2.65 bits per heavy atom. The average molecular weight is 258 g/mol. The third-order valence-corrected chi connectivity index (χ3v) is 4.84. The molecule has 0 aromatic heterocycles. The maximum atomic E-state index is 12.6. The molecule has 1 amide bonds. The molecule has 17 heavy (non-hydrogen) atoms. The van der Waals surface area contributed by atoms with Crippen molar-refractivity contribution in [3.05, 3.63) is 0 Å². The van der Waals surface area contributed by atoms with Crippen LogP contribution in [0.5, 0.6) is 0 Å². The van der Waals surface area contributed by atoms with Crippen LogP contribution in [0.4, 0.5) is 0 Å². The van der Waals surface area contributed by atoms with Crippen LogP contribution in [-0.2, 0) is 4.79 Å². The van der Waals surface area contributed by atoms with Gasteiger partial charge >= 0.3 is 0 Å². The first kappa shape index (κ1) is 13.2. The van der Waals surface area contributed by atoms with E-state index >= 15 is 0 Å². The molecule has 2 aliphatic rings. The number of piperidine rings is 1. The summed E-state index contributed by atoms with van der Waals surface area (Å²) in [6, 6.07) is 0. The zero-order chi connectivity index (χ0) is 12.5. The zero-order valence-corrected chi connectivity index (χ0v) is 11.8. The van der Waals surface area contributed by atoms with Crippen molar-refractivity contribution in [1.82, 2.24) is 4.90 Å². The fourth-order valence-electron chi connectivity index (χ4n) is 3.30. The highest BCUT2D eigenvalue weighted by Crippen LogP contribution is 2.41. The van der Waals surface area contributed by atoms with Crippen LogP contribution < -0.4 is 0 Å². The Morgan fingerprint density at radius 1 is 1.24 bits per heavy atom. The Kier molecular flexibility index (Phi) is 4.02. The molecule has 0 N–H and O–H groups in total. The number of carbonyl (C=O) groups is 1. The maximum absolute atomic E-state index is 12.6. The number of amides is 1. The summed E-state index contributed by atoms with van der Waals surface area (Å²) in [6.45, 7) is 6.16. The average Bonchev–Trinajstić information content (AvgIpc) is 2.27. The van der Waals surface area contributed by atoms with Gasteiger partial charge < -0.3 is 4.90 Å². The van der Waals surface area contributed by atoms with Crippen molar-refractivity contribution in [2.45, 2.75) is 57.7 Å². The van der Waals surface area contributed by atoms with Crippen molar-refractivity contribution in [3.8, 4) is 0 Å². The van der Waals surface area contributed by atoms with Gasteiger partial charge in [-0.3, -0.25) is 4.79 Å². The molecule has 98 valence electrons. The van der Waals surface area contributed by atoms with Crippen LogP contribution in [0.2, 0.25) is 0 Å². The fraction of sp³-hybridized carbons (Fsp3) is 0.929. The first-order valence-corrected chi connectivity index (χ1v) is 7.37. The molecule has 0 spiro atoms. The molecule has 1 saturated carbocycles. The highest BCUT2D eigenvalue weighted by Gasteiger charge is 2.39. The van der Waals surface area contributed by atoms with Gasteiger partial charge in [-0.25, -0.2) is 0 Å². The molecular formula is C14H24ClNO. The first-order valence-electron chi connectivity index (χ1n) is 6.93. The quantitative estimate of drug-likeness (QED) is 0.659. The molecule has 0 bridgehead atoms. The van der Waals surface area contributed by atoms with E-state index in [0.29, 0.717) is 5.91 Å². The predicted octanol–water partition coefficient (Wildman–Crippen LogP) is 3.43. The Bertz CT molecular complexity index is 290. The molecule has 3 heteroatoms. The van der Waals surface area contributed by atoms with Gasteiger partial charge in [0, 0.05) is 19.0 Å². The van der Waals surface area contributed by atoms with Crippen molar-refractivity contribution in [3.63, 3.8) is 0 Å². The van der Waals surface area contributed by atoms with Crippen molar-refractivity contribution in [1.29, 1.82) is 0 Å². The van der Waals surface area contributed by atoms with E-state index in [-0.39, 0.29) is 16.7 Å². The van der Waals surface area contributed by atoms with Gasteiger partial charge in [-0.15, -0.1) is 11.6 Å². The van der Waals surface area contributed by atoms with Crippen LogP contribution in [-0.4, -0.2) is 29.3 Å². The van der Waals surface area contributed by atoms with Crippen molar-refractivity contribution in [2.75, 3.05) is 13.1 Å². The topological polar surface area (TPSA) is 20.3 Å². The molecular weight excluding hydrogens is 234 g/mol. The Labute approximate surface area is 110 Å². The van der Waals surface area contributed by atoms with Crippen molar-refractivity contribution in [2.24, 2.45) is 11.3 Å².